The van der Waals surface area contributed by atoms with Gasteiger partial charge >= 0.3 is 12.1 Å². The van der Waals surface area contributed by atoms with Crippen LogP contribution in [0.4, 0.5) is 13.2 Å². The summed E-state index contributed by atoms with van der Waals surface area (Å²) in [6, 6.07) is 12.2. The molecule has 3 rings (SSSR count). The molecule has 0 aliphatic carbocycles. The van der Waals surface area contributed by atoms with E-state index >= 15 is 0 Å². The molecule has 0 aliphatic rings. The third-order valence-corrected chi connectivity index (χ3v) is 5.68. The SMILES string of the molecule is CCC(Oc1ccc(SCc2coc(-c3ccc(C(F)(F)F)cc3)c2)cc1C)C(=O)O. The van der Waals surface area contributed by atoms with E-state index < -0.39 is 23.8 Å². The number of aliphatic carboxylic acids is 1. The lowest BCUT2D eigenvalue weighted by Crippen LogP contribution is -2.26. The van der Waals surface area contributed by atoms with Gasteiger partial charge in [0.15, 0.2) is 6.10 Å². The summed E-state index contributed by atoms with van der Waals surface area (Å²) < 4.78 is 49.2. The van der Waals surface area contributed by atoms with Gasteiger partial charge in [0.25, 0.3) is 0 Å². The molecule has 0 bridgehead atoms. The van der Waals surface area contributed by atoms with Gasteiger partial charge in [-0.2, -0.15) is 13.2 Å². The van der Waals surface area contributed by atoms with Crippen molar-refractivity contribution in [2.24, 2.45) is 0 Å². The van der Waals surface area contributed by atoms with Crippen LogP contribution in [-0.4, -0.2) is 17.2 Å². The van der Waals surface area contributed by atoms with Crippen LogP contribution >= 0.6 is 11.8 Å². The van der Waals surface area contributed by atoms with Crippen LogP contribution in [0.5, 0.6) is 5.75 Å². The van der Waals surface area contributed by atoms with Crippen LogP contribution in [0.2, 0.25) is 0 Å². The van der Waals surface area contributed by atoms with Gasteiger partial charge in [-0.25, -0.2) is 4.79 Å². The molecule has 0 amide bonds. The highest BCUT2D eigenvalue weighted by Crippen LogP contribution is 2.33. The number of benzene rings is 2. The lowest BCUT2D eigenvalue weighted by Gasteiger charge is -2.15. The summed E-state index contributed by atoms with van der Waals surface area (Å²) in [6.45, 7) is 3.61. The molecular formula is C23H21F3O4S. The number of halogens is 3. The molecule has 3 aromatic rings. The molecule has 0 spiro atoms. The first-order valence-electron chi connectivity index (χ1n) is 9.55. The number of rotatable bonds is 8. The second kappa shape index (κ2) is 9.51. The minimum atomic E-state index is -4.37. The van der Waals surface area contributed by atoms with Gasteiger partial charge in [-0.1, -0.05) is 19.1 Å². The largest absolute Gasteiger partial charge is 0.479 e. The molecule has 2 aromatic carbocycles. The van der Waals surface area contributed by atoms with Crippen LogP contribution in [0.3, 0.4) is 0 Å². The van der Waals surface area contributed by atoms with Gasteiger partial charge < -0.3 is 14.3 Å². The van der Waals surface area contributed by atoms with Crippen LogP contribution in [-0.2, 0) is 16.7 Å². The highest BCUT2D eigenvalue weighted by molar-refractivity contribution is 7.98. The van der Waals surface area contributed by atoms with Crippen LogP contribution in [0.15, 0.2) is 64.1 Å². The van der Waals surface area contributed by atoms with Gasteiger partial charge in [0, 0.05) is 21.8 Å². The molecule has 1 unspecified atom stereocenters. The van der Waals surface area contributed by atoms with Crippen molar-refractivity contribution in [2.75, 3.05) is 0 Å². The van der Waals surface area contributed by atoms with Crippen LogP contribution < -0.4 is 4.74 Å². The predicted molar refractivity (Wildman–Crippen MR) is 112 cm³/mol. The fraction of sp³-hybridized carbons (Fsp3) is 0.261. The maximum Gasteiger partial charge on any atom is 0.416 e. The predicted octanol–water partition coefficient (Wildman–Crippen LogP) is 6.81. The van der Waals surface area contributed by atoms with Crippen molar-refractivity contribution in [3.63, 3.8) is 0 Å². The molecular weight excluding hydrogens is 429 g/mol. The molecule has 8 heteroatoms. The van der Waals surface area contributed by atoms with Gasteiger partial charge in [-0.05, 0) is 55.3 Å². The lowest BCUT2D eigenvalue weighted by atomic mass is 10.1. The Bertz CT molecular complexity index is 1040. The molecule has 0 fully saturated rings. The van der Waals surface area contributed by atoms with E-state index in [1.54, 1.807) is 37.1 Å². The number of furan rings is 1. The summed E-state index contributed by atoms with van der Waals surface area (Å²) in [5, 5.41) is 9.14. The molecule has 1 atom stereocenters. The first-order chi connectivity index (χ1) is 14.7. The maximum absolute atomic E-state index is 12.7. The Kier molecular flexibility index (Phi) is 7.00. The normalized spacial score (nSPS) is 12.5. The average molecular weight is 450 g/mol. The second-order valence-corrected chi connectivity index (χ2v) is 8.01. The molecule has 0 saturated heterocycles. The van der Waals surface area contributed by atoms with Crippen LogP contribution in [0.25, 0.3) is 11.3 Å². The summed E-state index contributed by atoms with van der Waals surface area (Å²) in [7, 11) is 0. The number of thioether (sulfide) groups is 1. The van der Waals surface area contributed by atoms with E-state index in [9.17, 15) is 18.0 Å². The van der Waals surface area contributed by atoms with E-state index in [1.165, 1.54) is 12.1 Å². The van der Waals surface area contributed by atoms with E-state index in [1.807, 2.05) is 19.1 Å². The number of hydrogen-bond acceptors (Lipinski definition) is 4. The smallest absolute Gasteiger partial charge is 0.416 e. The number of carboxylic acid groups (broad SMARTS) is 1. The van der Waals surface area contributed by atoms with Gasteiger partial charge in [-0.15, -0.1) is 11.8 Å². The molecule has 31 heavy (non-hydrogen) atoms. The van der Waals surface area contributed by atoms with Crippen molar-refractivity contribution < 1.29 is 32.2 Å². The molecule has 0 aliphatic heterocycles. The summed E-state index contributed by atoms with van der Waals surface area (Å²) in [5.74, 6) is 0.649. The first kappa shape index (κ1) is 22.8. The van der Waals surface area contributed by atoms with Crippen molar-refractivity contribution in [3.8, 4) is 17.1 Å². The van der Waals surface area contributed by atoms with Crippen molar-refractivity contribution in [1.82, 2.24) is 0 Å². The van der Waals surface area contributed by atoms with Crippen molar-refractivity contribution in [2.45, 2.75) is 43.2 Å². The zero-order chi connectivity index (χ0) is 22.6. The topological polar surface area (TPSA) is 59.7 Å². The number of alkyl halides is 3. The quantitative estimate of drug-likeness (QED) is 0.382. The van der Waals surface area contributed by atoms with E-state index in [2.05, 4.69) is 0 Å². The van der Waals surface area contributed by atoms with Crippen LogP contribution in [0, 0.1) is 6.92 Å². The fourth-order valence-corrected chi connectivity index (χ4v) is 3.81. The molecule has 1 heterocycles. The van der Waals surface area contributed by atoms with Gasteiger partial charge in [0.05, 0.1) is 11.8 Å². The van der Waals surface area contributed by atoms with E-state index in [0.29, 0.717) is 29.2 Å². The minimum Gasteiger partial charge on any atom is -0.479 e. The Morgan fingerprint density at radius 2 is 1.87 bits per heavy atom. The Morgan fingerprint density at radius 1 is 1.16 bits per heavy atom. The summed E-state index contributed by atoms with van der Waals surface area (Å²) in [6.07, 6.45) is -3.30. The standard InChI is InChI=1S/C23H21F3O4S/c1-3-19(22(27)28)30-20-9-8-18(10-14(20)2)31-13-15-11-21(29-12-15)16-4-6-17(7-5-16)23(24,25)26/h4-12,19H,3,13H2,1-2H3,(H,27,28). The zero-order valence-corrected chi connectivity index (χ0v) is 17.7. The monoisotopic (exact) mass is 450 g/mol. The molecule has 4 nitrogen and oxygen atoms in total. The zero-order valence-electron chi connectivity index (χ0n) is 16.9. The van der Waals surface area contributed by atoms with Crippen molar-refractivity contribution in [1.29, 1.82) is 0 Å². The molecule has 1 aromatic heterocycles. The lowest BCUT2D eigenvalue weighted by molar-refractivity contribution is -0.145. The number of ether oxygens (including phenoxy) is 1. The highest BCUT2D eigenvalue weighted by Gasteiger charge is 2.30. The Balaban J connectivity index is 1.63. The second-order valence-electron chi connectivity index (χ2n) is 6.96. The summed E-state index contributed by atoms with van der Waals surface area (Å²) in [5.41, 5.74) is 1.61. The van der Waals surface area contributed by atoms with Crippen molar-refractivity contribution >= 4 is 17.7 Å². The fourth-order valence-electron chi connectivity index (χ4n) is 2.90. The minimum absolute atomic E-state index is 0.368. The van der Waals surface area contributed by atoms with E-state index in [-0.39, 0.29) is 0 Å². The Hall–Kier alpha value is -2.87. The number of carbonyl (C=O) groups is 1. The number of carboxylic acids is 1. The van der Waals surface area contributed by atoms with Gasteiger partial charge in [0.1, 0.15) is 11.5 Å². The average Bonchev–Trinajstić information content (AvgIpc) is 3.20. The van der Waals surface area contributed by atoms with Gasteiger partial charge in [-0.3, -0.25) is 0 Å². The van der Waals surface area contributed by atoms with E-state index in [4.69, 9.17) is 14.3 Å². The van der Waals surface area contributed by atoms with E-state index in [0.717, 1.165) is 28.2 Å². The molecule has 164 valence electrons. The molecule has 0 radical (unpaired) electrons. The third kappa shape index (κ3) is 5.85. The van der Waals surface area contributed by atoms with Crippen LogP contribution in [0.1, 0.15) is 30.0 Å². The molecule has 1 N–H and O–H groups in total. The number of aryl methyl sites for hydroxylation is 1. The highest BCUT2D eigenvalue weighted by atomic mass is 32.2. The first-order valence-corrected chi connectivity index (χ1v) is 10.5. The maximum atomic E-state index is 12.7. The van der Waals surface area contributed by atoms with Gasteiger partial charge in [0.2, 0.25) is 0 Å². The third-order valence-electron chi connectivity index (χ3n) is 4.62. The number of hydrogen-bond donors (Lipinski definition) is 1. The van der Waals surface area contributed by atoms with Crippen molar-refractivity contribution in [3.05, 3.63) is 71.5 Å². The Morgan fingerprint density at radius 3 is 2.45 bits per heavy atom. The molecule has 0 saturated carbocycles. The summed E-state index contributed by atoms with van der Waals surface area (Å²) in [4.78, 5) is 12.1. The Labute approximate surface area is 182 Å². The summed E-state index contributed by atoms with van der Waals surface area (Å²) >= 11 is 1.56.